The van der Waals surface area contributed by atoms with E-state index in [0.717, 1.165) is 22.8 Å². The Morgan fingerprint density at radius 2 is 1.14 bits per heavy atom. The van der Waals surface area contributed by atoms with E-state index < -0.39 is 8.60 Å². The molecule has 0 unspecified atom stereocenters. The molecule has 9 heteroatoms. The number of benzene rings is 2. The van der Waals surface area contributed by atoms with Gasteiger partial charge in [0.05, 0.1) is 14.3 Å². The van der Waals surface area contributed by atoms with Crippen LogP contribution in [-0.4, -0.2) is 36.3 Å². The zero-order chi connectivity index (χ0) is 29.7. The van der Waals surface area contributed by atoms with Gasteiger partial charge in [0.2, 0.25) is 0 Å². The molecule has 0 spiro atoms. The minimum Gasteiger partial charge on any atom is -2.00 e. The second-order valence-corrected chi connectivity index (χ2v) is 11.9. The maximum atomic E-state index is 10.3. The summed E-state index contributed by atoms with van der Waals surface area (Å²) < 4.78 is 9.14. The minimum absolute atomic E-state index is 0. The van der Waals surface area contributed by atoms with Gasteiger partial charge >= 0.3 is 36.2 Å². The van der Waals surface area contributed by atoms with Crippen LogP contribution in [0.4, 0.5) is 11.4 Å². The molecule has 2 aromatic carbocycles. The molecule has 0 saturated heterocycles. The standard InChI is InChI=1S/C29H41N2.C4H10O3P.Al.Li.S/c1-18(2)24-13-11-14-25(19(3)4)28(24)30-22(9)17-23(10)31-29-26(20(5)6)15-12-16-27(29)21(7)8;1-3-6-8(5)7-4-2;;;/h11-21H,1-10H3;3-4H2,1-2H3;;;/q2*-1;+3;+1;-2/b22-17-,31-23?;;;;. The predicted molar refractivity (Wildman–Crippen MR) is 182 cm³/mol. The van der Waals surface area contributed by atoms with Gasteiger partial charge in [-0.05, 0) is 55.6 Å². The van der Waals surface area contributed by atoms with E-state index in [1.54, 1.807) is 13.8 Å². The summed E-state index contributed by atoms with van der Waals surface area (Å²) in [5.74, 6) is 1.75. The first kappa shape index (κ1) is 45.9. The number of hydrogen-bond acceptors (Lipinski definition) is 4. The van der Waals surface area contributed by atoms with E-state index in [1.807, 2.05) is 0 Å². The van der Waals surface area contributed by atoms with Crippen LogP contribution in [-0.2, 0) is 22.5 Å². The van der Waals surface area contributed by atoms with Crippen molar-refractivity contribution < 1.29 is 32.8 Å². The molecule has 0 radical (unpaired) electrons. The van der Waals surface area contributed by atoms with Crippen LogP contribution < -0.4 is 23.8 Å². The van der Waals surface area contributed by atoms with Gasteiger partial charge < -0.3 is 32.8 Å². The molecule has 0 aliphatic heterocycles. The van der Waals surface area contributed by atoms with E-state index in [-0.39, 0.29) is 49.7 Å². The number of rotatable bonds is 12. The van der Waals surface area contributed by atoms with E-state index >= 15 is 0 Å². The third-order valence-corrected chi connectivity index (χ3v) is 7.09. The molecule has 0 amide bonds. The SMILES string of the molecule is CC(/C=C(/C)[N-]c1c(C(C)C)cccc1C(C)C)=Nc1c(C(C)C)cccc1C(C)C.CCOP([O-])OCC.[Al+3].[Li+].[S-2]. The maximum absolute atomic E-state index is 10.3. The number of hydrogen-bond donors (Lipinski definition) is 0. The van der Waals surface area contributed by atoms with Crippen molar-refractivity contribution in [3.8, 4) is 0 Å². The smallest absolute Gasteiger partial charge is 2.00 e. The fourth-order valence-corrected chi connectivity index (χ4v) is 4.75. The summed E-state index contributed by atoms with van der Waals surface area (Å²) in [4.78, 5) is 15.4. The Morgan fingerprint density at radius 3 is 1.48 bits per heavy atom. The summed E-state index contributed by atoms with van der Waals surface area (Å²) in [5, 5.41) is 5.08. The number of allylic oxidation sites excluding steroid dienone is 2. The first-order chi connectivity index (χ1) is 18.3. The van der Waals surface area contributed by atoms with Crippen molar-refractivity contribution >= 4 is 56.5 Å². The zero-order valence-corrected chi connectivity index (χ0v) is 31.2. The summed E-state index contributed by atoms with van der Waals surface area (Å²) in [5.41, 5.74) is 9.45. The van der Waals surface area contributed by atoms with E-state index in [1.165, 1.54) is 22.3 Å². The molecule has 0 bridgehead atoms. The number of aliphatic imine (C=N–C) groups is 1. The molecule has 0 aromatic heterocycles. The van der Waals surface area contributed by atoms with Gasteiger partial charge in [-0.25, -0.2) is 0 Å². The Labute approximate surface area is 288 Å². The summed E-state index contributed by atoms with van der Waals surface area (Å²) in [6.45, 7) is 26.5. The van der Waals surface area contributed by atoms with Crippen LogP contribution in [0.25, 0.3) is 5.32 Å². The fraction of sp³-hybridized carbons (Fsp3) is 0.545. The van der Waals surface area contributed by atoms with Crippen molar-refractivity contribution in [2.24, 2.45) is 4.99 Å². The Morgan fingerprint density at radius 1 is 0.786 bits per heavy atom. The number of para-hydroxylation sites is 2. The molecule has 42 heavy (non-hydrogen) atoms. The Balaban J connectivity index is -0.00000121. The number of nitrogens with zero attached hydrogens (tertiary/aromatic N) is 2. The Hall–Kier alpha value is -0.560. The molecular weight excluding hydrogens is 569 g/mol. The van der Waals surface area contributed by atoms with Gasteiger partial charge in [-0.2, -0.15) is 5.70 Å². The van der Waals surface area contributed by atoms with Crippen LogP contribution in [0.3, 0.4) is 0 Å². The van der Waals surface area contributed by atoms with E-state index in [2.05, 4.69) is 121 Å². The monoisotopic (exact) mass is 620 g/mol. The molecule has 0 N–H and O–H groups in total. The molecule has 0 aliphatic rings. The van der Waals surface area contributed by atoms with E-state index in [4.69, 9.17) is 10.3 Å². The van der Waals surface area contributed by atoms with Crippen LogP contribution in [0.2, 0.25) is 0 Å². The van der Waals surface area contributed by atoms with Crippen LogP contribution in [0.15, 0.2) is 53.2 Å². The minimum atomic E-state index is -1.83. The molecule has 226 valence electrons. The Bertz CT molecular complexity index is 1040. The molecule has 0 atom stereocenters. The van der Waals surface area contributed by atoms with Crippen LogP contribution >= 0.6 is 8.60 Å². The molecule has 0 saturated carbocycles. The molecule has 0 heterocycles. The third kappa shape index (κ3) is 15.4. The summed E-state index contributed by atoms with van der Waals surface area (Å²) in [6, 6.07) is 13.1. The van der Waals surface area contributed by atoms with Crippen molar-refractivity contribution in [2.45, 2.75) is 107 Å². The van der Waals surface area contributed by atoms with E-state index in [9.17, 15) is 4.89 Å². The summed E-state index contributed by atoms with van der Waals surface area (Å²) in [6.07, 6.45) is 2.11. The van der Waals surface area contributed by atoms with Gasteiger partial charge in [0, 0.05) is 18.9 Å². The first-order valence-corrected chi connectivity index (χ1v) is 15.4. The van der Waals surface area contributed by atoms with Gasteiger partial charge in [0.1, 0.15) is 0 Å². The van der Waals surface area contributed by atoms with Crippen molar-refractivity contribution in [1.29, 1.82) is 0 Å². The van der Waals surface area contributed by atoms with Gasteiger partial charge in [0.15, 0.2) is 0 Å². The van der Waals surface area contributed by atoms with Crippen molar-refractivity contribution in [1.82, 2.24) is 0 Å². The van der Waals surface area contributed by atoms with Gasteiger partial charge in [0.25, 0.3) is 0 Å². The summed E-state index contributed by atoms with van der Waals surface area (Å²) in [7, 11) is -1.83. The van der Waals surface area contributed by atoms with Crippen molar-refractivity contribution in [2.75, 3.05) is 13.2 Å². The predicted octanol–water partition coefficient (Wildman–Crippen LogP) is 7.15. The summed E-state index contributed by atoms with van der Waals surface area (Å²) >= 11 is 0. The van der Waals surface area contributed by atoms with E-state index in [0.29, 0.717) is 36.9 Å². The third-order valence-electron chi connectivity index (χ3n) is 6.15. The van der Waals surface area contributed by atoms with Crippen molar-refractivity contribution in [3.63, 3.8) is 0 Å². The molecule has 0 aliphatic carbocycles. The molecule has 5 nitrogen and oxygen atoms in total. The quantitative estimate of drug-likeness (QED) is 0.144. The van der Waals surface area contributed by atoms with Crippen molar-refractivity contribution in [3.05, 3.63) is 75.7 Å². The molecule has 2 aromatic rings. The fourth-order valence-electron chi connectivity index (χ4n) is 4.25. The average Bonchev–Trinajstić information content (AvgIpc) is 2.84. The first-order valence-electron chi connectivity index (χ1n) is 14.3. The zero-order valence-electron chi connectivity index (χ0n) is 28.3. The molecular formula is C33H51AlLiN2O3PS. The largest absolute Gasteiger partial charge is 3.00 e. The second kappa shape index (κ2) is 23.8. The molecule has 2 rings (SSSR count). The van der Waals surface area contributed by atoms with Gasteiger partial charge in [-0.15, -0.1) is 5.69 Å². The Kier molecular flexibility index (Phi) is 26.0. The van der Waals surface area contributed by atoms with Crippen LogP contribution in [0, 0.1) is 0 Å². The average molecular weight is 621 g/mol. The van der Waals surface area contributed by atoms with Crippen LogP contribution in [0.1, 0.15) is 129 Å². The van der Waals surface area contributed by atoms with Crippen LogP contribution in [0.5, 0.6) is 0 Å². The topological polar surface area (TPSA) is 68.0 Å². The van der Waals surface area contributed by atoms with Gasteiger partial charge in [-0.1, -0.05) is 116 Å². The normalized spacial score (nSPS) is 11.7. The second-order valence-electron chi connectivity index (χ2n) is 10.9. The molecule has 0 fully saturated rings. The maximum Gasteiger partial charge on any atom is 3.00 e. The van der Waals surface area contributed by atoms with Gasteiger partial charge in [-0.3, -0.25) is 4.99 Å².